The van der Waals surface area contributed by atoms with E-state index in [-0.39, 0.29) is 29.6 Å². The van der Waals surface area contributed by atoms with Crippen molar-refractivity contribution < 1.29 is 8.76 Å². The van der Waals surface area contributed by atoms with Gasteiger partial charge in [0.2, 0.25) is 0 Å². The van der Waals surface area contributed by atoms with Gasteiger partial charge in [-0.3, -0.25) is 0 Å². The van der Waals surface area contributed by atoms with Crippen LogP contribution in [0.1, 0.15) is 0 Å². The van der Waals surface area contributed by atoms with Crippen molar-refractivity contribution in [3.63, 3.8) is 0 Å². The van der Waals surface area contributed by atoms with Crippen LogP contribution in [0.15, 0.2) is 36.4 Å². The van der Waals surface area contributed by atoms with Crippen molar-refractivity contribution >= 4 is 50.4 Å². The van der Waals surface area contributed by atoms with Crippen molar-refractivity contribution in [3.8, 4) is 0 Å². The van der Waals surface area contributed by atoms with E-state index in [1.807, 2.05) is 36.4 Å². The van der Waals surface area contributed by atoms with Crippen molar-refractivity contribution in [2.45, 2.75) is 0 Å². The van der Waals surface area contributed by atoms with Crippen molar-refractivity contribution in [1.82, 2.24) is 0 Å². The molecule has 1 atom stereocenters. The molecule has 57 valence electrons. The summed E-state index contributed by atoms with van der Waals surface area (Å²) in [6, 6.07) is 12.0. The first kappa shape index (κ1) is 14.1. The van der Waals surface area contributed by atoms with Gasteiger partial charge in [0, 0.05) is 40.7 Å². The topological polar surface area (TPSA) is 37.3 Å². The molecule has 1 N–H and O–H groups in total. The molecule has 1 aromatic carbocycles. The van der Waals surface area contributed by atoms with Crippen LogP contribution in [0, 0.1) is 0 Å². The minimum atomic E-state index is -2.29. The zero-order valence-electron chi connectivity index (χ0n) is 6.18. The standard InChI is InChI=1S/C6H6.Na.H2O2S2/c1-2-4-6-5-3-1;;1-4(2)3/h1-6H;;4H,(H,1,2,3). The first-order chi connectivity index (χ1) is 4.73. The van der Waals surface area contributed by atoms with Crippen LogP contribution in [0.25, 0.3) is 0 Å². The van der Waals surface area contributed by atoms with Crippen LogP contribution >= 0.6 is 0 Å². The SMILES string of the molecule is O=[SH](O)=S.[Na].c1ccccc1. The summed E-state index contributed by atoms with van der Waals surface area (Å²) in [7, 11) is -2.29. The monoisotopic (exact) mass is 199 g/mol. The largest absolute Gasteiger partial charge is 0.308 e. The van der Waals surface area contributed by atoms with Crippen LogP contribution in [0.5, 0.6) is 0 Å². The maximum absolute atomic E-state index is 8.96. The fourth-order valence-electron chi connectivity index (χ4n) is 0.385. The van der Waals surface area contributed by atoms with E-state index in [0.717, 1.165) is 0 Å². The van der Waals surface area contributed by atoms with Crippen LogP contribution in [-0.4, -0.2) is 38.3 Å². The summed E-state index contributed by atoms with van der Waals surface area (Å²) >= 11 is 3.69. The van der Waals surface area contributed by atoms with E-state index in [1.165, 1.54) is 0 Å². The third kappa shape index (κ3) is 18.0. The normalized spacial score (nSPS) is 9.91. The molecule has 0 saturated heterocycles. The molecule has 0 aliphatic rings. The predicted octanol–water partition coefficient (Wildman–Crippen LogP) is 0.708. The van der Waals surface area contributed by atoms with E-state index in [9.17, 15) is 0 Å². The Morgan fingerprint density at radius 1 is 1.00 bits per heavy atom. The van der Waals surface area contributed by atoms with Crippen LogP contribution < -0.4 is 0 Å². The minimum absolute atomic E-state index is 0. The molecule has 0 bridgehead atoms. The van der Waals surface area contributed by atoms with Gasteiger partial charge in [-0.2, -0.15) is 0 Å². The number of rotatable bonds is 0. The van der Waals surface area contributed by atoms with Crippen molar-refractivity contribution in [3.05, 3.63) is 36.4 Å². The number of hydrogen-bond donors (Lipinski definition) is 2. The maximum atomic E-state index is 8.96. The fourth-order valence-corrected chi connectivity index (χ4v) is 0.385. The van der Waals surface area contributed by atoms with Gasteiger partial charge in [-0.1, -0.05) is 36.4 Å². The van der Waals surface area contributed by atoms with Gasteiger partial charge in [0.05, 0.1) is 0 Å². The number of benzene rings is 1. The Balaban J connectivity index is 0. The van der Waals surface area contributed by atoms with Crippen molar-refractivity contribution in [2.75, 3.05) is 0 Å². The smallest absolute Gasteiger partial charge is 0.130 e. The third-order valence-corrected chi connectivity index (χ3v) is 0.667. The summed E-state index contributed by atoms with van der Waals surface area (Å²) in [6.07, 6.45) is 0. The second-order valence-corrected chi connectivity index (χ2v) is 2.81. The molecule has 1 aromatic rings. The second-order valence-electron chi connectivity index (χ2n) is 1.39. The summed E-state index contributed by atoms with van der Waals surface area (Å²) in [5.41, 5.74) is 0. The minimum Gasteiger partial charge on any atom is -0.308 e. The predicted molar refractivity (Wildman–Crippen MR) is 51.7 cm³/mol. The zero-order chi connectivity index (χ0) is 7.82. The molecular weight excluding hydrogens is 191 g/mol. The third-order valence-electron chi connectivity index (χ3n) is 0.667. The number of hydrogen-bond acceptors (Lipinski definition) is 2. The van der Waals surface area contributed by atoms with Gasteiger partial charge in [-0.25, -0.2) is 4.21 Å². The molecule has 0 amide bonds. The van der Waals surface area contributed by atoms with Gasteiger partial charge in [-0.05, 0) is 0 Å². The van der Waals surface area contributed by atoms with Crippen LogP contribution in [-0.2, 0) is 20.8 Å². The molecule has 5 heteroatoms. The molecule has 1 rings (SSSR count). The van der Waals surface area contributed by atoms with Gasteiger partial charge in [0.15, 0.2) is 0 Å². The maximum Gasteiger partial charge on any atom is 0.130 e. The molecule has 2 nitrogen and oxygen atoms in total. The Labute approximate surface area is 94.8 Å². The molecule has 1 radical (unpaired) electrons. The van der Waals surface area contributed by atoms with Gasteiger partial charge in [-0.15, -0.1) is 0 Å². The van der Waals surface area contributed by atoms with Gasteiger partial charge < -0.3 is 4.55 Å². The fraction of sp³-hybridized carbons (Fsp3) is 0. The van der Waals surface area contributed by atoms with Crippen molar-refractivity contribution in [2.24, 2.45) is 0 Å². The molecule has 0 heterocycles. The average molecular weight is 199 g/mol. The molecule has 11 heavy (non-hydrogen) atoms. The summed E-state index contributed by atoms with van der Waals surface area (Å²) < 4.78 is 16.3. The molecule has 0 aliphatic carbocycles. The molecule has 0 fully saturated rings. The van der Waals surface area contributed by atoms with Crippen LogP contribution in [0.4, 0.5) is 0 Å². The van der Waals surface area contributed by atoms with Crippen LogP contribution in [0.3, 0.4) is 0 Å². The van der Waals surface area contributed by atoms with Crippen molar-refractivity contribution in [1.29, 1.82) is 0 Å². The Hall–Kier alpha value is 0.550. The Morgan fingerprint density at radius 3 is 1.18 bits per heavy atom. The van der Waals surface area contributed by atoms with E-state index in [0.29, 0.717) is 0 Å². The second kappa shape index (κ2) is 10.6. The summed E-state index contributed by atoms with van der Waals surface area (Å²) in [5.74, 6) is 0. The molecule has 1 unspecified atom stereocenters. The molecular formula is C6H8NaO2S2. The number of thiol groups is 1. The average Bonchev–Trinajstić information content (AvgIpc) is 1.90. The van der Waals surface area contributed by atoms with E-state index in [2.05, 4.69) is 11.2 Å². The van der Waals surface area contributed by atoms with Gasteiger partial charge >= 0.3 is 0 Å². The van der Waals surface area contributed by atoms with Gasteiger partial charge in [0.25, 0.3) is 0 Å². The van der Waals surface area contributed by atoms with Crippen LogP contribution in [0.2, 0.25) is 0 Å². The first-order valence-electron chi connectivity index (χ1n) is 2.57. The summed E-state index contributed by atoms with van der Waals surface area (Å²) in [4.78, 5) is 0. The molecule has 0 aliphatic heterocycles. The zero-order valence-corrected chi connectivity index (χ0v) is 9.89. The molecule has 0 spiro atoms. The summed E-state index contributed by atoms with van der Waals surface area (Å²) in [6.45, 7) is 0. The van der Waals surface area contributed by atoms with E-state index in [4.69, 9.17) is 8.76 Å². The van der Waals surface area contributed by atoms with E-state index >= 15 is 0 Å². The first-order valence-corrected chi connectivity index (χ1v) is 4.79. The quantitative estimate of drug-likeness (QED) is 0.477. The molecule has 0 aromatic heterocycles. The molecule has 0 saturated carbocycles. The van der Waals surface area contributed by atoms with E-state index < -0.39 is 9.64 Å². The summed E-state index contributed by atoms with van der Waals surface area (Å²) in [5, 5.41) is 0. The van der Waals surface area contributed by atoms with Gasteiger partial charge in [0.1, 0.15) is 9.64 Å². The van der Waals surface area contributed by atoms with E-state index in [1.54, 1.807) is 0 Å². The Bertz CT molecular complexity index is 189. The Kier molecular flexibility index (Phi) is 13.5. The Morgan fingerprint density at radius 2 is 1.09 bits per heavy atom.